The molecular weight excluding hydrogens is 674 g/mol. The second kappa shape index (κ2) is 13.9. The second-order valence-electron chi connectivity index (χ2n) is 9.54. The maximum absolute atomic E-state index is 12.8. The Kier molecular flexibility index (Phi) is 15.9. The number of hydrogen-bond donors (Lipinski definition) is 0. The standard InChI is InChI=1S/2C10H11F7O2.H2O.Sr/c2*1-7(2,3)5(18)4-6(19)8(11,12)9(13,14)10(15,16)17;;/h2*4,18H,1-3H3;1H2;/q;;;+2/p-2/b5-4+;5-4-;;. The molecule has 0 saturated carbocycles. The summed E-state index contributed by atoms with van der Waals surface area (Å²) in [7, 11) is 0. The molecule has 0 spiro atoms. The zero-order valence-electron chi connectivity index (χ0n) is 21.3. The van der Waals surface area contributed by atoms with Crippen molar-refractivity contribution in [3.05, 3.63) is 23.7 Å². The van der Waals surface area contributed by atoms with E-state index in [1.54, 1.807) is 0 Å². The number of allylic oxidation sites excluding steroid dienone is 4. The molecule has 0 aliphatic heterocycles. The molecule has 0 aromatic carbocycles. The summed E-state index contributed by atoms with van der Waals surface area (Å²) in [6, 6.07) is 0. The molecule has 40 heavy (non-hydrogen) atoms. The van der Waals surface area contributed by atoms with Gasteiger partial charge in [0.1, 0.15) is 0 Å². The van der Waals surface area contributed by atoms with E-state index in [4.69, 9.17) is 0 Å². The van der Waals surface area contributed by atoms with Gasteiger partial charge in [-0.2, -0.15) is 61.5 Å². The number of carbonyl (C=O) groups excluding carboxylic acids is 2. The molecule has 0 unspecified atom stereocenters. The zero-order valence-corrected chi connectivity index (χ0v) is 24.8. The summed E-state index contributed by atoms with van der Waals surface area (Å²) < 4.78 is 172. The minimum Gasteiger partial charge on any atom is -0.875 e. The molecule has 0 radical (unpaired) electrons. The fourth-order valence-electron chi connectivity index (χ4n) is 1.52. The molecule has 0 aromatic rings. The predicted molar refractivity (Wildman–Crippen MR) is 106 cm³/mol. The van der Waals surface area contributed by atoms with Crippen LogP contribution >= 0.6 is 0 Å². The average molecular weight is 696 g/mol. The fourth-order valence-corrected chi connectivity index (χ4v) is 1.52. The Balaban J connectivity index is -0.000000309. The van der Waals surface area contributed by atoms with Gasteiger partial charge >= 0.3 is 81.5 Å². The molecular formula is C20H22F14O5Sr. The monoisotopic (exact) mass is 696 g/mol. The van der Waals surface area contributed by atoms with Crippen molar-refractivity contribution in [2.75, 3.05) is 0 Å². The molecule has 0 saturated heterocycles. The molecule has 0 bridgehead atoms. The Labute approximate surface area is 254 Å². The molecule has 0 aliphatic rings. The SMILES string of the molecule is CC(C)(C)/C([O-])=C/C(=O)C(F)(F)C(F)(F)C(F)(F)F.CC(C)(C)/C([O-])=C\C(=O)C(F)(F)C(F)(F)C(F)(F)F.O.[Sr+2]. The van der Waals surface area contributed by atoms with Crippen LogP contribution in [0.25, 0.3) is 0 Å². The van der Waals surface area contributed by atoms with Gasteiger partial charge in [-0.05, 0) is 23.0 Å². The van der Waals surface area contributed by atoms with Gasteiger partial charge in [0.25, 0.3) is 0 Å². The van der Waals surface area contributed by atoms with Crippen LogP contribution in [0.4, 0.5) is 61.5 Å². The molecule has 0 fully saturated rings. The van der Waals surface area contributed by atoms with E-state index in [2.05, 4.69) is 0 Å². The van der Waals surface area contributed by atoms with Crippen molar-refractivity contribution >= 4 is 57.0 Å². The van der Waals surface area contributed by atoms with Crippen LogP contribution in [0, 0.1) is 10.8 Å². The van der Waals surface area contributed by atoms with Crippen LogP contribution in [-0.4, -0.2) is 98.6 Å². The van der Waals surface area contributed by atoms with Crippen LogP contribution < -0.4 is 10.2 Å². The van der Waals surface area contributed by atoms with Crippen LogP contribution in [0.15, 0.2) is 23.7 Å². The molecule has 0 heterocycles. The van der Waals surface area contributed by atoms with Gasteiger partial charge in [-0.1, -0.05) is 41.5 Å². The topological polar surface area (TPSA) is 112 Å². The van der Waals surface area contributed by atoms with Gasteiger partial charge in [0.15, 0.2) is 0 Å². The molecule has 0 aromatic heterocycles. The third kappa shape index (κ3) is 10.6. The summed E-state index contributed by atoms with van der Waals surface area (Å²) in [5.74, 6) is -33.5. The van der Waals surface area contributed by atoms with Crippen LogP contribution in [0.3, 0.4) is 0 Å². The van der Waals surface area contributed by atoms with Gasteiger partial charge in [-0.25, -0.2) is 0 Å². The Morgan fingerprint density at radius 3 is 0.800 bits per heavy atom. The first-order chi connectivity index (χ1) is 16.1. The predicted octanol–water partition coefficient (Wildman–Crippen LogP) is 4.15. The third-order valence-electron chi connectivity index (χ3n) is 4.12. The molecule has 0 rings (SSSR count). The summed E-state index contributed by atoms with van der Waals surface area (Å²) in [6.07, 6.45) is -14.1. The Morgan fingerprint density at radius 1 is 0.500 bits per heavy atom. The smallest absolute Gasteiger partial charge is 0.875 e. The van der Waals surface area contributed by atoms with Crippen LogP contribution in [0.2, 0.25) is 0 Å². The number of carbonyl (C=O) groups is 2. The minimum absolute atomic E-state index is 0. The quantitative estimate of drug-likeness (QED) is 0.180. The third-order valence-corrected chi connectivity index (χ3v) is 4.12. The largest absolute Gasteiger partial charge is 2.00 e. The van der Waals surface area contributed by atoms with Gasteiger partial charge < -0.3 is 15.7 Å². The van der Waals surface area contributed by atoms with Crippen molar-refractivity contribution in [2.24, 2.45) is 10.8 Å². The number of halogens is 14. The van der Waals surface area contributed by atoms with Crippen molar-refractivity contribution in [2.45, 2.75) is 77.6 Å². The van der Waals surface area contributed by atoms with E-state index in [0.717, 1.165) is 0 Å². The fraction of sp³-hybridized carbons (Fsp3) is 0.700. The molecule has 20 heteroatoms. The molecule has 2 N–H and O–H groups in total. The van der Waals surface area contributed by atoms with E-state index in [-0.39, 0.29) is 51.0 Å². The van der Waals surface area contributed by atoms with Gasteiger partial charge in [0.05, 0.1) is 0 Å². The van der Waals surface area contributed by atoms with Gasteiger partial charge in [-0.15, -0.1) is 11.5 Å². The second-order valence-corrected chi connectivity index (χ2v) is 9.54. The molecule has 0 amide bonds. The molecule has 232 valence electrons. The summed E-state index contributed by atoms with van der Waals surface area (Å²) in [5.41, 5.74) is -2.72. The van der Waals surface area contributed by atoms with E-state index in [1.807, 2.05) is 0 Å². The summed E-state index contributed by atoms with van der Waals surface area (Å²) >= 11 is 0. The van der Waals surface area contributed by atoms with Crippen molar-refractivity contribution < 1.29 is 86.7 Å². The Bertz CT molecular complexity index is 861. The van der Waals surface area contributed by atoms with E-state index in [9.17, 15) is 81.3 Å². The van der Waals surface area contributed by atoms with Gasteiger partial charge in [0, 0.05) is 0 Å². The summed E-state index contributed by atoms with van der Waals surface area (Å²) in [4.78, 5) is 21.6. The zero-order chi connectivity index (χ0) is 31.7. The van der Waals surface area contributed by atoms with Crippen molar-refractivity contribution in [1.82, 2.24) is 0 Å². The van der Waals surface area contributed by atoms with Crippen LogP contribution in [0.1, 0.15) is 41.5 Å². The number of hydrogen-bond acceptors (Lipinski definition) is 4. The Hall–Kier alpha value is -1.12. The summed E-state index contributed by atoms with van der Waals surface area (Å²) in [5, 5.41) is 22.3. The van der Waals surface area contributed by atoms with E-state index >= 15 is 0 Å². The van der Waals surface area contributed by atoms with Crippen LogP contribution in [-0.2, 0) is 9.59 Å². The van der Waals surface area contributed by atoms with Crippen LogP contribution in [0.5, 0.6) is 0 Å². The first-order valence-corrected chi connectivity index (χ1v) is 9.62. The van der Waals surface area contributed by atoms with E-state index in [0.29, 0.717) is 0 Å². The first kappa shape index (κ1) is 45.9. The normalized spacial score (nSPS) is 14.8. The van der Waals surface area contributed by atoms with Gasteiger partial charge in [-0.3, -0.25) is 9.59 Å². The number of alkyl halides is 14. The van der Waals surface area contributed by atoms with Crippen molar-refractivity contribution in [3.8, 4) is 0 Å². The Morgan fingerprint density at radius 2 is 0.675 bits per heavy atom. The molecule has 0 aliphatic carbocycles. The average Bonchev–Trinajstić information content (AvgIpc) is 2.64. The van der Waals surface area contributed by atoms with E-state index < -0.39 is 82.1 Å². The van der Waals surface area contributed by atoms with E-state index in [1.165, 1.54) is 41.5 Å². The number of rotatable bonds is 6. The van der Waals surface area contributed by atoms with Gasteiger partial charge in [0.2, 0.25) is 11.6 Å². The summed E-state index contributed by atoms with van der Waals surface area (Å²) in [6.45, 7) is 7.08. The minimum atomic E-state index is -6.61. The maximum Gasteiger partial charge on any atom is 2.00 e. The number of ketones is 2. The first-order valence-electron chi connectivity index (χ1n) is 9.62. The maximum atomic E-state index is 12.8. The van der Waals surface area contributed by atoms with Crippen molar-refractivity contribution in [1.29, 1.82) is 0 Å². The molecule has 5 nitrogen and oxygen atoms in total. The molecule has 0 atom stereocenters. The van der Waals surface area contributed by atoms with Crippen molar-refractivity contribution in [3.63, 3.8) is 0 Å².